The van der Waals surface area contributed by atoms with E-state index in [2.05, 4.69) is 46.7 Å². The van der Waals surface area contributed by atoms with E-state index < -0.39 is 0 Å². The molecule has 2 aromatic rings. The standard InChI is InChI=1S/C22H29N3O2S/c1-16-5-4-12-25(15-16)18-8-6-17(7-9-18)14-23-22(28)24-20-11-10-19(26-2)13-21(20)27-3/h6-11,13,16H,4-5,12,14-15H2,1-3H3,(H2,23,24,28)/t16-/m1/s1. The monoisotopic (exact) mass is 399 g/mol. The first-order chi connectivity index (χ1) is 13.6. The van der Waals surface area contributed by atoms with Crippen LogP contribution in [0, 0.1) is 5.92 Å². The van der Waals surface area contributed by atoms with Gasteiger partial charge in [0.1, 0.15) is 11.5 Å². The molecule has 1 aliphatic rings. The predicted molar refractivity (Wildman–Crippen MR) is 120 cm³/mol. The molecule has 0 radical (unpaired) electrons. The maximum Gasteiger partial charge on any atom is 0.171 e. The average Bonchev–Trinajstić information content (AvgIpc) is 2.73. The Labute approximate surface area is 173 Å². The number of piperidine rings is 1. The van der Waals surface area contributed by atoms with Crippen molar-refractivity contribution in [3.8, 4) is 11.5 Å². The Bertz CT molecular complexity index is 795. The number of nitrogens with zero attached hydrogens (tertiary/aromatic N) is 1. The van der Waals surface area contributed by atoms with E-state index in [1.165, 1.54) is 24.1 Å². The van der Waals surface area contributed by atoms with E-state index in [4.69, 9.17) is 21.7 Å². The minimum atomic E-state index is 0.553. The molecule has 0 spiro atoms. The summed E-state index contributed by atoms with van der Waals surface area (Å²) >= 11 is 5.43. The van der Waals surface area contributed by atoms with Crippen molar-refractivity contribution in [2.24, 2.45) is 5.92 Å². The Hall–Kier alpha value is -2.47. The van der Waals surface area contributed by atoms with Crippen LogP contribution >= 0.6 is 12.2 Å². The molecule has 5 nitrogen and oxygen atoms in total. The van der Waals surface area contributed by atoms with E-state index in [-0.39, 0.29) is 0 Å². The highest BCUT2D eigenvalue weighted by atomic mass is 32.1. The SMILES string of the molecule is COc1ccc(NC(=S)NCc2ccc(N3CCC[C@@H](C)C3)cc2)c(OC)c1. The van der Waals surface area contributed by atoms with Gasteiger partial charge in [-0.2, -0.15) is 0 Å². The van der Waals surface area contributed by atoms with Crippen LogP contribution in [-0.2, 0) is 6.54 Å². The molecule has 2 N–H and O–H groups in total. The zero-order valence-corrected chi connectivity index (χ0v) is 17.6. The molecule has 150 valence electrons. The number of methoxy groups -OCH3 is 2. The van der Waals surface area contributed by atoms with Crippen LogP contribution < -0.4 is 25.0 Å². The first kappa shape index (κ1) is 20.3. The largest absolute Gasteiger partial charge is 0.497 e. The van der Waals surface area contributed by atoms with Gasteiger partial charge in [-0.05, 0) is 60.8 Å². The number of hydrogen-bond acceptors (Lipinski definition) is 4. The van der Waals surface area contributed by atoms with E-state index in [1.807, 2.05) is 18.2 Å². The molecule has 0 amide bonds. The van der Waals surface area contributed by atoms with Crippen LogP contribution in [0.15, 0.2) is 42.5 Å². The molecule has 0 saturated carbocycles. The van der Waals surface area contributed by atoms with Crippen molar-refractivity contribution in [3.63, 3.8) is 0 Å². The lowest BCUT2D eigenvalue weighted by Gasteiger charge is -2.32. The molecular weight excluding hydrogens is 370 g/mol. The molecule has 1 heterocycles. The number of rotatable bonds is 6. The van der Waals surface area contributed by atoms with Crippen LogP contribution in [0.3, 0.4) is 0 Å². The zero-order valence-electron chi connectivity index (χ0n) is 16.8. The van der Waals surface area contributed by atoms with Gasteiger partial charge in [-0.25, -0.2) is 0 Å². The fourth-order valence-corrected chi connectivity index (χ4v) is 3.68. The van der Waals surface area contributed by atoms with E-state index in [0.717, 1.165) is 30.4 Å². The third-order valence-corrected chi connectivity index (χ3v) is 5.31. The second kappa shape index (κ2) is 9.64. The topological polar surface area (TPSA) is 45.8 Å². The summed E-state index contributed by atoms with van der Waals surface area (Å²) in [5, 5.41) is 6.99. The Balaban J connectivity index is 1.53. The Kier molecular flexibility index (Phi) is 6.98. The van der Waals surface area contributed by atoms with Crippen molar-refractivity contribution in [1.82, 2.24) is 5.32 Å². The second-order valence-corrected chi connectivity index (χ2v) is 7.64. The van der Waals surface area contributed by atoms with Crippen LogP contribution in [-0.4, -0.2) is 32.4 Å². The van der Waals surface area contributed by atoms with Crippen molar-refractivity contribution >= 4 is 28.7 Å². The number of anilines is 2. The van der Waals surface area contributed by atoms with Crippen molar-refractivity contribution in [2.45, 2.75) is 26.3 Å². The highest BCUT2D eigenvalue weighted by Gasteiger charge is 2.16. The summed E-state index contributed by atoms with van der Waals surface area (Å²) in [5.74, 6) is 2.20. The van der Waals surface area contributed by atoms with Crippen molar-refractivity contribution in [2.75, 3.05) is 37.5 Å². The van der Waals surface area contributed by atoms with Crippen LogP contribution in [0.4, 0.5) is 11.4 Å². The number of ether oxygens (including phenoxy) is 2. The molecule has 1 saturated heterocycles. The molecule has 0 bridgehead atoms. The zero-order chi connectivity index (χ0) is 19.9. The van der Waals surface area contributed by atoms with E-state index in [1.54, 1.807) is 14.2 Å². The summed E-state index contributed by atoms with van der Waals surface area (Å²) in [6.07, 6.45) is 2.61. The molecule has 1 aliphatic heterocycles. The first-order valence-electron chi connectivity index (χ1n) is 9.70. The number of thiocarbonyl (C=S) groups is 1. The maximum atomic E-state index is 5.43. The van der Waals surface area contributed by atoms with Gasteiger partial charge < -0.3 is 25.0 Å². The second-order valence-electron chi connectivity index (χ2n) is 7.23. The molecular formula is C22H29N3O2S. The van der Waals surface area contributed by atoms with Crippen LogP contribution in [0.1, 0.15) is 25.3 Å². The van der Waals surface area contributed by atoms with E-state index in [0.29, 0.717) is 17.4 Å². The Morgan fingerprint density at radius 1 is 1.14 bits per heavy atom. The molecule has 6 heteroatoms. The quantitative estimate of drug-likeness (QED) is 0.701. The summed E-state index contributed by atoms with van der Waals surface area (Å²) in [4.78, 5) is 2.48. The molecule has 0 aromatic heterocycles. The third kappa shape index (κ3) is 5.29. The van der Waals surface area contributed by atoms with Gasteiger partial charge >= 0.3 is 0 Å². The third-order valence-electron chi connectivity index (χ3n) is 5.07. The fraction of sp³-hybridized carbons (Fsp3) is 0.409. The van der Waals surface area contributed by atoms with Gasteiger partial charge in [0, 0.05) is 31.4 Å². The van der Waals surface area contributed by atoms with Crippen molar-refractivity contribution in [3.05, 3.63) is 48.0 Å². The lowest BCUT2D eigenvalue weighted by Crippen LogP contribution is -2.34. The Morgan fingerprint density at radius 3 is 2.61 bits per heavy atom. The van der Waals surface area contributed by atoms with Crippen LogP contribution in [0.2, 0.25) is 0 Å². The highest BCUT2D eigenvalue weighted by Crippen LogP contribution is 2.29. The van der Waals surface area contributed by atoms with E-state index >= 15 is 0 Å². The molecule has 0 aliphatic carbocycles. The summed E-state index contributed by atoms with van der Waals surface area (Å²) < 4.78 is 10.6. The van der Waals surface area contributed by atoms with Gasteiger partial charge in [-0.15, -0.1) is 0 Å². The van der Waals surface area contributed by atoms with E-state index in [9.17, 15) is 0 Å². The van der Waals surface area contributed by atoms with Gasteiger partial charge in [-0.3, -0.25) is 0 Å². The van der Waals surface area contributed by atoms with Crippen LogP contribution in [0.5, 0.6) is 11.5 Å². The molecule has 1 fully saturated rings. The maximum absolute atomic E-state index is 5.43. The number of nitrogens with one attached hydrogen (secondary N) is 2. The minimum Gasteiger partial charge on any atom is -0.497 e. The number of hydrogen-bond donors (Lipinski definition) is 2. The van der Waals surface area contributed by atoms with Gasteiger partial charge in [0.25, 0.3) is 0 Å². The highest BCUT2D eigenvalue weighted by molar-refractivity contribution is 7.80. The summed E-state index contributed by atoms with van der Waals surface area (Å²) in [6.45, 7) is 5.30. The average molecular weight is 400 g/mol. The predicted octanol–water partition coefficient (Wildman–Crippen LogP) is 4.43. The molecule has 28 heavy (non-hydrogen) atoms. The molecule has 2 aromatic carbocycles. The fourth-order valence-electron chi connectivity index (χ4n) is 3.50. The summed E-state index contributed by atoms with van der Waals surface area (Å²) in [5.41, 5.74) is 3.30. The Morgan fingerprint density at radius 2 is 1.93 bits per heavy atom. The summed E-state index contributed by atoms with van der Waals surface area (Å²) in [6, 6.07) is 14.3. The lowest BCUT2D eigenvalue weighted by molar-refractivity contribution is 0.395. The van der Waals surface area contributed by atoms with Crippen molar-refractivity contribution in [1.29, 1.82) is 0 Å². The van der Waals surface area contributed by atoms with Crippen LogP contribution in [0.25, 0.3) is 0 Å². The molecule has 0 unspecified atom stereocenters. The van der Waals surface area contributed by atoms with Crippen molar-refractivity contribution < 1.29 is 9.47 Å². The smallest absolute Gasteiger partial charge is 0.171 e. The lowest BCUT2D eigenvalue weighted by atomic mass is 9.99. The van der Waals surface area contributed by atoms with Gasteiger partial charge in [0.2, 0.25) is 0 Å². The van der Waals surface area contributed by atoms with Gasteiger partial charge in [0.05, 0.1) is 19.9 Å². The molecule has 1 atom stereocenters. The summed E-state index contributed by atoms with van der Waals surface area (Å²) in [7, 11) is 3.26. The normalized spacial score (nSPS) is 16.4. The first-order valence-corrected chi connectivity index (χ1v) is 10.1. The molecule has 3 rings (SSSR count). The minimum absolute atomic E-state index is 0.553. The van der Waals surface area contributed by atoms with Gasteiger partial charge in [0.15, 0.2) is 5.11 Å². The number of benzene rings is 2. The van der Waals surface area contributed by atoms with Gasteiger partial charge in [-0.1, -0.05) is 19.1 Å².